The van der Waals surface area contributed by atoms with Gasteiger partial charge in [-0.3, -0.25) is 0 Å². The Balaban J connectivity index is 0.00000112. The molecular weight excluding hydrogens is 333 g/mol. The van der Waals surface area contributed by atoms with Crippen molar-refractivity contribution in [1.82, 2.24) is 0 Å². The molecule has 15 heavy (non-hydrogen) atoms. The van der Waals surface area contributed by atoms with E-state index in [4.69, 9.17) is 0 Å². The minimum absolute atomic E-state index is 0. The third-order valence-electron chi connectivity index (χ3n) is 2.01. The SMILES string of the molecule is O=S(=O)([O-])c1ccc2ccccc2c1.[Cs+]. The number of fused-ring (bicyclic) bond motifs is 1. The van der Waals surface area contributed by atoms with E-state index in [0.29, 0.717) is 0 Å². The first kappa shape index (κ1) is 13.7. The fourth-order valence-corrected chi connectivity index (χ4v) is 1.83. The minimum Gasteiger partial charge on any atom is -0.744 e. The molecule has 0 amide bonds. The quantitative estimate of drug-likeness (QED) is 0.610. The zero-order valence-corrected chi connectivity index (χ0v) is 15.3. The molecule has 5 heteroatoms. The van der Waals surface area contributed by atoms with Crippen LogP contribution in [0, 0.1) is 0 Å². The molecule has 0 heterocycles. The molecule has 0 aromatic heterocycles. The summed E-state index contributed by atoms with van der Waals surface area (Å²) in [6.45, 7) is 0. The first-order chi connectivity index (χ1) is 6.57. The number of benzene rings is 2. The maximum absolute atomic E-state index is 10.7. The van der Waals surface area contributed by atoms with Gasteiger partial charge in [0.15, 0.2) is 0 Å². The summed E-state index contributed by atoms with van der Waals surface area (Å²) in [5.74, 6) is 0. The standard InChI is InChI=1S/C10H8O3S.Cs/c11-14(12,13)10-6-5-8-3-1-2-4-9(8)7-10;/h1-7H,(H,11,12,13);/q;+1/p-1. The van der Waals surface area contributed by atoms with E-state index in [0.717, 1.165) is 10.8 Å². The molecule has 0 saturated heterocycles. The molecule has 3 nitrogen and oxygen atoms in total. The third kappa shape index (κ3) is 3.31. The summed E-state index contributed by atoms with van der Waals surface area (Å²) in [5, 5.41) is 1.67. The fourth-order valence-electron chi connectivity index (χ4n) is 1.32. The summed E-state index contributed by atoms with van der Waals surface area (Å²) in [7, 11) is -4.34. The van der Waals surface area contributed by atoms with Gasteiger partial charge < -0.3 is 4.55 Å². The van der Waals surface area contributed by atoms with E-state index in [1.165, 1.54) is 12.1 Å². The van der Waals surface area contributed by atoms with Crippen LogP contribution in [0.5, 0.6) is 0 Å². The monoisotopic (exact) mass is 340 g/mol. The molecular formula is C10H7CsO3S. The van der Waals surface area contributed by atoms with Crippen molar-refractivity contribution in [2.45, 2.75) is 4.90 Å². The number of rotatable bonds is 1. The molecule has 0 unspecified atom stereocenters. The zero-order valence-electron chi connectivity index (χ0n) is 8.17. The van der Waals surface area contributed by atoms with Crippen molar-refractivity contribution in [3.8, 4) is 0 Å². The van der Waals surface area contributed by atoms with Crippen LogP contribution in [0.2, 0.25) is 0 Å². The van der Waals surface area contributed by atoms with Crippen molar-refractivity contribution in [3.05, 3.63) is 42.5 Å². The van der Waals surface area contributed by atoms with E-state index in [-0.39, 0.29) is 73.8 Å². The molecule has 0 aliphatic heterocycles. The molecule has 0 saturated carbocycles. The summed E-state index contributed by atoms with van der Waals surface area (Å²) >= 11 is 0. The molecule has 0 spiro atoms. The molecule has 2 aromatic carbocycles. The van der Waals surface area contributed by atoms with Gasteiger partial charge in [0.2, 0.25) is 0 Å². The predicted molar refractivity (Wildman–Crippen MR) is 51.9 cm³/mol. The number of hydrogen-bond acceptors (Lipinski definition) is 3. The van der Waals surface area contributed by atoms with Gasteiger partial charge in [0, 0.05) is 0 Å². The van der Waals surface area contributed by atoms with E-state index in [1.807, 2.05) is 12.1 Å². The van der Waals surface area contributed by atoms with Crippen LogP contribution in [-0.4, -0.2) is 13.0 Å². The fraction of sp³-hybridized carbons (Fsp3) is 0. The van der Waals surface area contributed by atoms with Gasteiger partial charge in [-0.1, -0.05) is 30.3 Å². The van der Waals surface area contributed by atoms with Crippen molar-refractivity contribution in [2.24, 2.45) is 0 Å². The normalized spacial score (nSPS) is 11.0. The van der Waals surface area contributed by atoms with Crippen LogP contribution >= 0.6 is 0 Å². The van der Waals surface area contributed by atoms with Crippen LogP contribution in [0.4, 0.5) is 0 Å². The van der Waals surface area contributed by atoms with Crippen molar-refractivity contribution in [3.63, 3.8) is 0 Å². The predicted octanol–water partition coefficient (Wildman–Crippen LogP) is -1.25. The molecule has 0 radical (unpaired) electrons. The molecule has 2 rings (SSSR count). The van der Waals surface area contributed by atoms with Crippen LogP contribution < -0.4 is 68.9 Å². The van der Waals surface area contributed by atoms with Crippen molar-refractivity contribution in [1.29, 1.82) is 0 Å². The van der Waals surface area contributed by atoms with Gasteiger partial charge in [0.05, 0.1) is 4.90 Å². The Morgan fingerprint density at radius 1 is 0.933 bits per heavy atom. The molecule has 2 aromatic rings. The van der Waals surface area contributed by atoms with E-state index in [1.54, 1.807) is 18.2 Å². The summed E-state index contributed by atoms with van der Waals surface area (Å²) in [4.78, 5) is -0.184. The van der Waals surface area contributed by atoms with Crippen molar-refractivity contribution >= 4 is 20.9 Å². The minimum atomic E-state index is -4.34. The van der Waals surface area contributed by atoms with Crippen LogP contribution in [0.1, 0.15) is 0 Å². The smallest absolute Gasteiger partial charge is 0.744 e. The number of hydrogen-bond donors (Lipinski definition) is 0. The Labute approximate surface area is 147 Å². The van der Waals surface area contributed by atoms with Gasteiger partial charge in [0.1, 0.15) is 10.1 Å². The average Bonchev–Trinajstić information content (AvgIpc) is 2.16. The van der Waals surface area contributed by atoms with Gasteiger partial charge in [-0.05, 0) is 22.9 Å². The van der Waals surface area contributed by atoms with Crippen LogP contribution in [-0.2, 0) is 10.1 Å². The largest absolute Gasteiger partial charge is 1.00 e. The Morgan fingerprint density at radius 3 is 2.13 bits per heavy atom. The summed E-state index contributed by atoms with van der Waals surface area (Å²) < 4.78 is 32.2. The third-order valence-corrected chi connectivity index (χ3v) is 2.84. The van der Waals surface area contributed by atoms with Crippen molar-refractivity contribution in [2.75, 3.05) is 0 Å². The molecule has 0 N–H and O–H groups in total. The molecule has 0 aliphatic rings. The zero-order chi connectivity index (χ0) is 10.2. The Hall–Kier alpha value is 0.662. The maximum Gasteiger partial charge on any atom is 1.00 e. The molecule has 72 valence electrons. The second-order valence-corrected chi connectivity index (χ2v) is 4.34. The summed E-state index contributed by atoms with van der Waals surface area (Å²) in [5.41, 5.74) is 0. The van der Waals surface area contributed by atoms with Crippen LogP contribution in [0.15, 0.2) is 47.4 Å². The average molecular weight is 340 g/mol. The second kappa shape index (κ2) is 5.33. The Bertz CT molecular complexity index is 578. The molecule has 0 aliphatic carbocycles. The van der Waals surface area contributed by atoms with Gasteiger partial charge in [-0.25, -0.2) is 8.42 Å². The van der Waals surface area contributed by atoms with Crippen LogP contribution in [0.25, 0.3) is 10.8 Å². The van der Waals surface area contributed by atoms with Gasteiger partial charge in [-0.2, -0.15) is 0 Å². The van der Waals surface area contributed by atoms with Crippen LogP contribution in [0.3, 0.4) is 0 Å². The molecule has 0 fully saturated rings. The molecule has 0 bridgehead atoms. The first-order valence-electron chi connectivity index (χ1n) is 4.02. The van der Waals surface area contributed by atoms with E-state index >= 15 is 0 Å². The van der Waals surface area contributed by atoms with Gasteiger partial charge >= 0.3 is 68.9 Å². The first-order valence-corrected chi connectivity index (χ1v) is 5.43. The van der Waals surface area contributed by atoms with E-state index in [2.05, 4.69) is 0 Å². The van der Waals surface area contributed by atoms with Gasteiger partial charge in [-0.15, -0.1) is 0 Å². The topological polar surface area (TPSA) is 57.2 Å². The second-order valence-electron chi connectivity index (χ2n) is 2.96. The van der Waals surface area contributed by atoms with Gasteiger partial charge in [0.25, 0.3) is 0 Å². The van der Waals surface area contributed by atoms with Crippen molar-refractivity contribution < 1.29 is 81.9 Å². The Kier molecular flexibility index (Phi) is 4.88. The van der Waals surface area contributed by atoms with E-state index < -0.39 is 10.1 Å². The molecule has 0 atom stereocenters. The summed E-state index contributed by atoms with van der Waals surface area (Å²) in [6.07, 6.45) is 0. The van der Waals surface area contributed by atoms with E-state index in [9.17, 15) is 13.0 Å². The summed E-state index contributed by atoms with van der Waals surface area (Å²) in [6, 6.07) is 11.6. The Morgan fingerprint density at radius 2 is 1.53 bits per heavy atom. The maximum atomic E-state index is 10.7.